The second-order valence-electron chi connectivity index (χ2n) is 3.81. The molecule has 106 valence electrons. The molecule has 0 amide bonds. The number of carbonyl (C=O) groups is 1. The summed E-state index contributed by atoms with van der Waals surface area (Å²) < 4.78 is 43.6. The third-order valence-corrected chi connectivity index (χ3v) is 2.79. The van der Waals surface area contributed by atoms with E-state index in [0.717, 1.165) is 6.07 Å². The Balaban J connectivity index is 2.99. The van der Waals surface area contributed by atoms with Crippen molar-refractivity contribution in [2.45, 2.75) is 26.1 Å². The summed E-state index contributed by atoms with van der Waals surface area (Å²) in [5.41, 5.74) is -0.991. The third-order valence-electron chi connectivity index (χ3n) is 2.30. The van der Waals surface area contributed by atoms with E-state index < -0.39 is 23.8 Å². The molecule has 0 fully saturated rings. The zero-order valence-electron chi connectivity index (χ0n) is 10.3. The lowest BCUT2D eigenvalue weighted by Gasteiger charge is -2.18. The van der Waals surface area contributed by atoms with Crippen molar-refractivity contribution < 1.29 is 22.7 Å². The van der Waals surface area contributed by atoms with Gasteiger partial charge >= 0.3 is 12.1 Å². The Morgan fingerprint density at radius 3 is 2.63 bits per heavy atom. The van der Waals surface area contributed by atoms with Crippen LogP contribution in [0.15, 0.2) is 22.7 Å². The summed E-state index contributed by atoms with van der Waals surface area (Å²) in [6.07, 6.45) is -4.49. The minimum absolute atomic E-state index is 0.164. The van der Waals surface area contributed by atoms with E-state index in [0.29, 0.717) is 4.47 Å². The van der Waals surface area contributed by atoms with Crippen molar-refractivity contribution in [3.63, 3.8) is 0 Å². The molecule has 1 N–H and O–H groups in total. The highest BCUT2D eigenvalue weighted by atomic mass is 79.9. The van der Waals surface area contributed by atoms with Gasteiger partial charge in [-0.3, -0.25) is 0 Å². The molecule has 1 aromatic rings. The molecule has 0 bridgehead atoms. The highest BCUT2D eigenvalue weighted by Gasteiger charge is 2.34. The van der Waals surface area contributed by atoms with Gasteiger partial charge in [0.15, 0.2) is 0 Å². The smallest absolute Gasteiger partial charge is 0.418 e. The van der Waals surface area contributed by atoms with Gasteiger partial charge < -0.3 is 10.1 Å². The summed E-state index contributed by atoms with van der Waals surface area (Å²) in [6.45, 7) is 3.25. The minimum atomic E-state index is -4.49. The lowest BCUT2D eigenvalue weighted by atomic mass is 10.1. The third kappa shape index (κ3) is 4.41. The second-order valence-corrected chi connectivity index (χ2v) is 4.72. The Hall–Kier alpha value is -1.24. The largest absolute Gasteiger partial charge is 0.464 e. The molecule has 0 aliphatic carbocycles. The number of hydrogen-bond donors (Lipinski definition) is 1. The fraction of sp³-hybridized carbons (Fsp3) is 0.417. The number of alkyl halides is 3. The first-order chi connectivity index (χ1) is 8.75. The van der Waals surface area contributed by atoms with E-state index >= 15 is 0 Å². The van der Waals surface area contributed by atoms with Crippen LogP contribution in [0.5, 0.6) is 0 Å². The molecule has 0 aliphatic heterocycles. The van der Waals surface area contributed by atoms with Gasteiger partial charge in [-0.1, -0.05) is 15.9 Å². The molecule has 1 rings (SSSR count). The van der Waals surface area contributed by atoms with Crippen LogP contribution in [0, 0.1) is 0 Å². The maximum atomic E-state index is 12.8. The van der Waals surface area contributed by atoms with Crippen LogP contribution >= 0.6 is 15.9 Å². The molecule has 0 aromatic heterocycles. The minimum Gasteiger partial charge on any atom is -0.464 e. The van der Waals surface area contributed by atoms with Crippen molar-refractivity contribution in [2.24, 2.45) is 0 Å². The van der Waals surface area contributed by atoms with Crippen LogP contribution in [-0.4, -0.2) is 18.6 Å². The highest BCUT2D eigenvalue weighted by Crippen LogP contribution is 2.36. The first kappa shape index (κ1) is 15.8. The molecule has 1 unspecified atom stereocenters. The fourth-order valence-corrected chi connectivity index (χ4v) is 1.80. The van der Waals surface area contributed by atoms with Gasteiger partial charge in [0.2, 0.25) is 0 Å². The van der Waals surface area contributed by atoms with Crippen LogP contribution in [0.1, 0.15) is 19.4 Å². The van der Waals surface area contributed by atoms with Crippen molar-refractivity contribution >= 4 is 27.6 Å². The number of benzene rings is 1. The summed E-state index contributed by atoms with van der Waals surface area (Å²) in [4.78, 5) is 11.4. The van der Waals surface area contributed by atoms with Crippen molar-refractivity contribution in [1.82, 2.24) is 0 Å². The summed E-state index contributed by atoms with van der Waals surface area (Å²) in [5.74, 6) is -0.601. The standard InChI is InChI=1S/C12H13BrF3NO2/c1-3-19-11(18)7(2)17-10-6-8(13)4-5-9(10)12(14,15)16/h4-7,17H,3H2,1-2H3. The second kappa shape index (κ2) is 6.27. The number of nitrogens with one attached hydrogen (secondary N) is 1. The lowest BCUT2D eigenvalue weighted by molar-refractivity contribution is -0.144. The predicted molar refractivity (Wildman–Crippen MR) is 68.9 cm³/mol. The van der Waals surface area contributed by atoms with Crippen LogP contribution in [0.3, 0.4) is 0 Å². The predicted octanol–water partition coefficient (Wildman–Crippen LogP) is 3.83. The zero-order valence-corrected chi connectivity index (χ0v) is 11.9. The van der Waals surface area contributed by atoms with E-state index in [4.69, 9.17) is 4.74 Å². The van der Waals surface area contributed by atoms with Gasteiger partial charge in [0.1, 0.15) is 6.04 Å². The molecule has 1 aromatic carbocycles. The Bertz CT molecular complexity index is 463. The van der Waals surface area contributed by atoms with Crippen LogP contribution < -0.4 is 5.32 Å². The van der Waals surface area contributed by atoms with E-state index in [1.54, 1.807) is 6.92 Å². The number of rotatable bonds is 4. The number of carbonyl (C=O) groups excluding carboxylic acids is 1. The average Bonchev–Trinajstić information content (AvgIpc) is 2.27. The zero-order chi connectivity index (χ0) is 14.6. The lowest BCUT2D eigenvalue weighted by Crippen LogP contribution is -2.29. The number of halogens is 4. The first-order valence-electron chi connectivity index (χ1n) is 5.55. The molecule has 19 heavy (non-hydrogen) atoms. The molecule has 0 aliphatic rings. The Morgan fingerprint density at radius 1 is 1.47 bits per heavy atom. The first-order valence-corrected chi connectivity index (χ1v) is 6.35. The summed E-state index contributed by atoms with van der Waals surface area (Å²) in [5, 5.41) is 2.52. The van der Waals surface area contributed by atoms with E-state index in [1.165, 1.54) is 19.1 Å². The molecule has 1 atom stereocenters. The van der Waals surface area contributed by atoms with E-state index in [9.17, 15) is 18.0 Å². The molecule has 0 heterocycles. The number of esters is 1. The number of ether oxygens (including phenoxy) is 1. The van der Waals surface area contributed by atoms with E-state index in [1.807, 2.05) is 0 Å². The van der Waals surface area contributed by atoms with Crippen LogP contribution in [0.25, 0.3) is 0 Å². The fourth-order valence-electron chi connectivity index (χ4n) is 1.44. The summed E-state index contributed by atoms with van der Waals surface area (Å²) >= 11 is 3.10. The summed E-state index contributed by atoms with van der Waals surface area (Å²) in [7, 11) is 0. The molecule has 0 saturated heterocycles. The van der Waals surface area contributed by atoms with Crippen LogP contribution in [0.4, 0.5) is 18.9 Å². The van der Waals surface area contributed by atoms with Crippen molar-refractivity contribution in [2.75, 3.05) is 11.9 Å². The summed E-state index contributed by atoms with van der Waals surface area (Å²) in [6, 6.07) is 2.65. The highest BCUT2D eigenvalue weighted by molar-refractivity contribution is 9.10. The molecular weight excluding hydrogens is 327 g/mol. The van der Waals surface area contributed by atoms with Gasteiger partial charge in [-0.25, -0.2) is 4.79 Å². The quantitative estimate of drug-likeness (QED) is 0.847. The number of hydrogen-bond acceptors (Lipinski definition) is 3. The molecule has 0 radical (unpaired) electrons. The Kier molecular flexibility index (Phi) is 5.22. The Labute approximate surface area is 117 Å². The van der Waals surface area contributed by atoms with Gasteiger partial charge in [0.05, 0.1) is 12.2 Å². The maximum absolute atomic E-state index is 12.8. The van der Waals surface area contributed by atoms with Gasteiger partial charge in [0.25, 0.3) is 0 Å². The van der Waals surface area contributed by atoms with E-state index in [-0.39, 0.29) is 12.3 Å². The van der Waals surface area contributed by atoms with Gasteiger partial charge in [-0.05, 0) is 32.0 Å². The van der Waals surface area contributed by atoms with Gasteiger partial charge in [-0.2, -0.15) is 13.2 Å². The van der Waals surface area contributed by atoms with Crippen molar-refractivity contribution in [1.29, 1.82) is 0 Å². The molecule has 0 saturated carbocycles. The molecule has 7 heteroatoms. The monoisotopic (exact) mass is 339 g/mol. The molecule has 3 nitrogen and oxygen atoms in total. The van der Waals surface area contributed by atoms with Gasteiger partial charge in [-0.15, -0.1) is 0 Å². The van der Waals surface area contributed by atoms with Crippen LogP contribution in [-0.2, 0) is 15.7 Å². The molecule has 0 spiro atoms. The average molecular weight is 340 g/mol. The number of anilines is 1. The van der Waals surface area contributed by atoms with Crippen molar-refractivity contribution in [3.05, 3.63) is 28.2 Å². The molecular formula is C12H13BrF3NO2. The van der Waals surface area contributed by atoms with Crippen LogP contribution in [0.2, 0.25) is 0 Å². The Morgan fingerprint density at radius 2 is 2.11 bits per heavy atom. The topological polar surface area (TPSA) is 38.3 Å². The maximum Gasteiger partial charge on any atom is 0.418 e. The normalized spacial score (nSPS) is 12.9. The SMILES string of the molecule is CCOC(=O)C(C)Nc1cc(Br)ccc1C(F)(F)F. The van der Waals surface area contributed by atoms with Crippen molar-refractivity contribution in [3.8, 4) is 0 Å². The van der Waals surface area contributed by atoms with Gasteiger partial charge in [0, 0.05) is 10.2 Å². The van der Waals surface area contributed by atoms with E-state index in [2.05, 4.69) is 21.2 Å².